The standard InChI is InChI=1S/C14H28N2O2/c1-11-6-4-7-12(10-11)16(3)9-5-8-14(2,15)13(17)18/h11-12H,4-10,15H2,1-3H3,(H,17,18). The van der Waals surface area contributed by atoms with Gasteiger partial charge in [-0.15, -0.1) is 0 Å². The third-order valence-corrected chi connectivity index (χ3v) is 4.23. The number of rotatable bonds is 6. The van der Waals surface area contributed by atoms with Gasteiger partial charge in [-0.05, 0) is 52.1 Å². The smallest absolute Gasteiger partial charge is 0.323 e. The molecule has 3 atom stereocenters. The fourth-order valence-electron chi connectivity index (χ4n) is 2.79. The van der Waals surface area contributed by atoms with Gasteiger partial charge in [0.25, 0.3) is 0 Å². The summed E-state index contributed by atoms with van der Waals surface area (Å²) in [5, 5.41) is 8.95. The molecule has 1 saturated carbocycles. The van der Waals surface area contributed by atoms with Crippen LogP contribution in [0.15, 0.2) is 0 Å². The molecule has 0 aliphatic heterocycles. The summed E-state index contributed by atoms with van der Waals surface area (Å²) in [5.41, 5.74) is 4.65. The molecule has 0 spiro atoms. The number of carbonyl (C=O) groups is 1. The third-order valence-electron chi connectivity index (χ3n) is 4.23. The summed E-state index contributed by atoms with van der Waals surface area (Å²) in [6.07, 6.45) is 6.61. The van der Waals surface area contributed by atoms with Gasteiger partial charge in [-0.1, -0.05) is 19.8 Å². The highest BCUT2D eigenvalue weighted by atomic mass is 16.4. The summed E-state index contributed by atoms with van der Waals surface area (Å²) >= 11 is 0. The molecule has 106 valence electrons. The molecule has 0 saturated heterocycles. The SMILES string of the molecule is CC1CCCC(N(C)CCCC(C)(N)C(=O)O)C1. The molecule has 3 unspecified atom stereocenters. The Balaban J connectivity index is 2.28. The van der Waals surface area contributed by atoms with Crippen LogP contribution in [0.4, 0.5) is 0 Å². The summed E-state index contributed by atoms with van der Waals surface area (Å²) in [5.74, 6) is -0.0820. The predicted octanol–water partition coefficient (Wildman–Crippen LogP) is 2.08. The molecule has 18 heavy (non-hydrogen) atoms. The van der Waals surface area contributed by atoms with Crippen molar-refractivity contribution in [1.82, 2.24) is 4.90 Å². The van der Waals surface area contributed by atoms with E-state index in [9.17, 15) is 4.79 Å². The first-order valence-corrected chi connectivity index (χ1v) is 7.05. The molecule has 0 bridgehead atoms. The second kappa shape index (κ2) is 6.53. The van der Waals surface area contributed by atoms with Crippen molar-refractivity contribution in [2.24, 2.45) is 11.7 Å². The highest BCUT2D eigenvalue weighted by Crippen LogP contribution is 2.26. The minimum absolute atomic E-state index is 0.537. The van der Waals surface area contributed by atoms with Crippen molar-refractivity contribution < 1.29 is 9.90 Å². The molecule has 0 radical (unpaired) electrons. The van der Waals surface area contributed by atoms with E-state index in [1.165, 1.54) is 25.7 Å². The number of carboxylic acids is 1. The first kappa shape index (κ1) is 15.4. The van der Waals surface area contributed by atoms with Crippen molar-refractivity contribution in [2.75, 3.05) is 13.6 Å². The van der Waals surface area contributed by atoms with Crippen molar-refractivity contribution in [3.8, 4) is 0 Å². The molecule has 4 heteroatoms. The molecule has 0 aromatic carbocycles. The molecule has 4 nitrogen and oxygen atoms in total. The highest BCUT2D eigenvalue weighted by Gasteiger charge is 2.28. The van der Waals surface area contributed by atoms with Crippen LogP contribution in [-0.2, 0) is 4.79 Å². The van der Waals surface area contributed by atoms with E-state index >= 15 is 0 Å². The van der Waals surface area contributed by atoms with E-state index in [0.717, 1.165) is 18.9 Å². The Labute approximate surface area is 111 Å². The average molecular weight is 256 g/mol. The molecule has 0 amide bonds. The predicted molar refractivity (Wildman–Crippen MR) is 73.5 cm³/mol. The van der Waals surface area contributed by atoms with Gasteiger partial charge in [0.15, 0.2) is 0 Å². The summed E-state index contributed by atoms with van der Waals surface area (Å²) in [7, 11) is 2.15. The zero-order valence-electron chi connectivity index (χ0n) is 12.0. The van der Waals surface area contributed by atoms with Gasteiger partial charge in [0.1, 0.15) is 5.54 Å². The maximum atomic E-state index is 10.9. The van der Waals surface area contributed by atoms with Crippen LogP contribution in [0.2, 0.25) is 0 Å². The van der Waals surface area contributed by atoms with Crippen molar-refractivity contribution in [3.63, 3.8) is 0 Å². The van der Waals surface area contributed by atoms with Crippen LogP contribution in [0.3, 0.4) is 0 Å². The molecule has 1 aliphatic carbocycles. The molecule has 1 fully saturated rings. The van der Waals surface area contributed by atoms with Crippen LogP contribution >= 0.6 is 0 Å². The van der Waals surface area contributed by atoms with Crippen molar-refractivity contribution in [3.05, 3.63) is 0 Å². The Morgan fingerprint density at radius 2 is 2.17 bits per heavy atom. The van der Waals surface area contributed by atoms with E-state index in [1.807, 2.05) is 0 Å². The Hall–Kier alpha value is -0.610. The maximum Gasteiger partial charge on any atom is 0.323 e. The molecule has 0 aromatic heterocycles. The average Bonchev–Trinajstić information content (AvgIpc) is 2.28. The molecule has 1 rings (SSSR count). The van der Waals surface area contributed by atoms with Gasteiger partial charge in [0.2, 0.25) is 0 Å². The van der Waals surface area contributed by atoms with Crippen LogP contribution in [0.5, 0.6) is 0 Å². The lowest BCUT2D eigenvalue weighted by molar-refractivity contribution is -0.142. The maximum absolute atomic E-state index is 10.9. The molecule has 1 aliphatic rings. The fraction of sp³-hybridized carbons (Fsp3) is 0.929. The number of nitrogens with zero attached hydrogens (tertiary/aromatic N) is 1. The van der Waals surface area contributed by atoms with E-state index in [1.54, 1.807) is 6.92 Å². The van der Waals surface area contributed by atoms with E-state index in [2.05, 4.69) is 18.9 Å². The molecule has 3 N–H and O–H groups in total. The zero-order chi connectivity index (χ0) is 13.8. The summed E-state index contributed by atoms with van der Waals surface area (Å²) in [6, 6.07) is 0.669. The quantitative estimate of drug-likeness (QED) is 0.763. The van der Waals surface area contributed by atoms with Crippen LogP contribution in [0.1, 0.15) is 52.4 Å². The van der Waals surface area contributed by atoms with Crippen LogP contribution in [0, 0.1) is 5.92 Å². The van der Waals surface area contributed by atoms with Gasteiger partial charge in [-0.3, -0.25) is 4.79 Å². The topological polar surface area (TPSA) is 66.6 Å². The van der Waals surface area contributed by atoms with Gasteiger partial charge in [-0.25, -0.2) is 0 Å². The summed E-state index contributed by atoms with van der Waals surface area (Å²) < 4.78 is 0. The van der Waals surface area contributed by atoms with Crippen LogP contribution < -0.4 is 5.73 Å². The lowest BCUT2D eigenvalue weighted by atomic mass is 9.86. The van der Waals surface area contributed by atoms with Crippen LogP contribution in [-0.4, -0.2) is 41.1 Å². The molecule has 0 aromatic rings. The van der Waals surface area contributed by atoms with E-state index < -0.39 is 11.5 Å². The van der Waals surface area contributed by atoms with Gasteiger partial charge in [0, 0.05) is 6.04 Å². The second-order valence-corrected chi connectivity index (χ2v) is 6.23. The fourth-order valence-corrected chi connectivity index (χ4v) is 2.79. The number of hydrogen-bond donors (Lipinski definition) is 2. The largest absolute Gasteiger partial charge is 0.480 e. The first-order valence-electron chi connectivity index (χ1n) is 7.05. The molecular weight excluding hydrogens is 228 g/mol. The van der Waals surface area contributed by atoms with E-state index in [4.69, 9.17) is 10.8 Å². The highest BCUT2D eigenvalue weighted by molar-refractivity contribution is 5.77. The number of hydrogen-bond acceptors (Lipinski definition) is 3. The van der Waals surface area contributed by atoms with Gasteiger partial charge >= 0.3 is 5.97 Å². The number of carboxylic acid groups (broad SMARTS) is 1. The van der Waals surface area contributed by atoms with Crippen molar-refractivity contribution >= 4 is 5.97 Å². The Morgan fingerprint density at radius 1 is 1.50 bits per heavy atom. The Bertz CT molecular complexity index is 279. The molecule has 0 heterocycles. The number of nitrogens with two attached hydrogens (primary N) is 1. The van der Waals surface area contributed by atoms with Crippen molar-refractivity contribution in [2.45, 2.75) is 64.0 Å². The second-order valence-electron chi connectivity index (χ2n) is 6.23. The molecular formula is C14H28N2O2. The lowest BCUT2D eigenvalue weighted by Gasteiger charge is -2.34. The normalized spacial score (nSPS) is 28.1. The summed E-state index contributed by atoms with van der Waals surface area (Å²) in [6.45, 7) is 4.86. The third kappa shape index (κ3) is 4.58. The van der Waals surface area contributed by atoms with Gasteiger partial charge in [0.05, 0.1) is 0 Å². The van der Waals surface area contributed by atoms with Crippen molar-refractivity contribution in [1.29, 1.82) is 0 Å². The minimum Gasteiger partial charge on any atom is -0.480 e. The summed E-state index contributed by atoms with van der Waals surface area (Å²) in [4.78, 5) is 13.3. The first-order chi connectivity index (χ1) is 8.33. The van der Waals surface area contributed by atoms with Gasteiger partial charge < -0.3 is 15.7 Å². The Kier molecular flexibility index (Phi) is 5.60. The minimum atomic E-state index is -1.08. The Morgan fingerprint density at radius 3 is 2.72 bits per heavy atom. The van der Waals surface area contributed by atoms with E-state index in [-0.39, 0.29) is 0 Å². The lowest BCUT2D eigenvalue weighted by Crippen LogP contribution is -2.45. The van der Waals surface area contributed by atoms with Gasteiger partial charge in [-0.2, -0.15) is 0 Å². The van der Waals surface area contributed by atoms with Crippen LogP contribution in [0.25, 0.3) is 0 Å². The van der Waals surface area contributed by atoms with E-state index in [0.29, 0.717) is 12.5 Å². The zero-order valence-corrected chi connectivity index (χ0v) is 12.0. The number of aliphatic carboxylic acids is 1. The monoisotopic (exact) mass is 256 g/mol.